The first-order valence-corrected chi connectivity index (χ1v) is 7.91. The standard InChI is InChI=1S/C17H16FN5O2/c1-11(24)21-15-7-13-12(8-19-15)9-20-23(13)16-4-2-3-14(22-16)17(18)5-6-25-10-17/h2-4,7-9H,5-6,10H2,1H3,(H,19,21,24)/t17-/m0/s1. The number of hydrogen-bond acceptors (Lipinski definition) is 5. The van der Waals surface area contributed by atoms with Gasteiger partial charge in [-0.1, -0.05) is 6.07 Å². The number of anilines is 1. The molecule has 0 aliphatic carbocycles. The van der Waals surface area contributed by atoms with Gasteiger partial charge in [-0.2, -0.15) is 5.10 Å². The lowest BCUT2D eigenvalue weighted by Crippen LogP contribution is -2.22. The average Bonchev–Trinajstić information content (AvgIpc) is 3.21. The third-order valence-corrected chi connectivity index (χ3v) is 4.14. The molecule has 7 nitrogen and oxygen atoms in total. The van der Waals surface area contributed by atoms with Gasteiger partial charge in [0.2, 0.25) is 5.91 Å². The van der Waals surface area contributed by atoms with Crippen molar-refractivity contribution >= 4 is 22.6 Å². The van der Waals surface area contributed by atoms with Crippen LogP contribution in [0.25, 0.3) is 16.7 Å². The molecular weight excluding hydrogens is 325 g/mol. The molecule has 25 heavy (non-hydrogen) atoms. The van der Waals surface area contributed by atoms with Crippen LogP contribution in [-0.2, 0) is 15.2 Å². The fourth-order valence-corrected chi connectivity index (χ4v) is 2.88. The maximum absolute atomic E-state index is 14.9. The number of aromatic nitrogens is 4. The molecule has 4 rings (SSSR count). The molecule has 0 saturated carbocycles. The number of nitrogens with zero attached hydrogens (tertiary/aromatic N) is 4. The predicted molar refractivity (Wildman–Crippen MR) is 89.2 cm³/mol. The molecule has 1 saturated heterocycles. The highest BCUT2D eigenvalue weighted by Gasteiger charge is 2.38. The van der Waals surface area contributed by atoms with E-state index < -0.39 is 5.67 Å². The zero-order valence-electron chi connectivity index (χ0n) is 13.6. The summed E-state index contributed by atoms with van der Waals surface area (Å²) in [6.07, 6.45) is 3.56. The number of fused-ring (bicyclic) bond motifs is 1. The molecule has 0 aromatic carbocycles. The molecule has 1 aliphatic rings. The van der Waals surface area contributed by atoms with E-state index in [9.17, 15) is 9.18 Å². The molecule has 3 aromatic heterocycles. The Bertz CT molecular complexity index is 949. The van der Waals surface area contributed by atoms with Crippen LogP contribution in [0.5, 0.6) is 0 Å². The number of ether oxygens (including phenoxy) is 1. The van der Waals surface area contributed by atoms with Crippen molar-refractivity contribution in [2.45, 2.75) is 19.0 Å². The van der Waals surface area contributed by atoms with Crippen LogP contribution in [0.2, 0.25) is 0 Å². The van der Waals surface area contributed by atoms with Gasteiger partial charge in [-0.05, 0) is 12.1 Å². The summed E-state index contributed by atoms with van der Waals surface area (Å²) in [4.78, 5) is 19.8. The maximum Gasteiger partial charge on any atom is 0.222 e. The van der Waals surface area contributed by atoms with Crippen molar-refractivity contribution < 1.29 is 13.9 Å². The second-order valence-corrected chi connectivity index (χ2v) is 6.01. The SMILES string of the molecule is CC(=O)Nc1cc2c(cn1)cnn2-c1cccc([C@]2(F)CCOC2)n1. The third kappa shape index (κ3) is 2.85. The Hall–Kier alpha value is -2.87. The monoisotopic (exact) mass is 341 g/mol. The van der Waals surface area contributed by atoms with E-state index in [1.165, 1.54) is 6.92 Å². The lowest BCUT2D eigenvalue weighted by molar-refractivity contribution is -0.114. The van der Waals surface area contributed by atoms with E-state index in [2.05, 4.69) is 20.4 Å². The second kappa shape index (κ2) is 5.89. The third-order valence-electron chi connectivity index (χ3n) is 4.14. The molecule has 8 heteroatoms. The summed E-state index contributed by atoms with van der Waals surface area (Å²) in [5, 5.41) is 7.76. The van der Waals surface area contributed by atoms with Crippen molar-refractivity contribution in [3.05, 3.63) is 42.4 Å². The van der Waals surface area contributed by atoms with Gasteiger partial charge in [0.05, 0.1) is 30.6 Å². The van der Waals surface area contributed by atoms with Crippen LogP contribution in [0, 0.1) is 0 Å². The fraction of sp³-hybridized carbons (Fsp3) is 0.294. The Morgan fingerprint density at radius 3 is 3.04 bits per heavy atom. The molecule has 1 amide bonds. The Morgan fingerprint density at radius 2 is 2.28 bits per heavy atom. The molecule has 1 N–H and O–H groups in total. The van der Waals surface area contributed by atoms with Crippen molar-refractivity contribution in [1.29, 1.82) is 0 Å². The first-order valence-electron chi connectivity index (χ1n) is 7.91. The topological polar surface area (TPSA) is 81.9 Å². The number of nitrogens with one attached hydrogen (secondary N) is 1. The fourth-order valence-electron chi connectivity index (χ4n) is 2.88. The highest BCUT2D eigenvalue weighted by molar-refractivity contribution is 5.90. The van der Waals surface area contributed by atoms with Gasteiger partial charge in [0.15, 0.2) is 11.5 Å². The number of carbonyl (C=O) groups excluding carboxylic acids is 1. The molecule has 1 aliphatic heterocycles. The van der Waals surface area contributed by atoms with Crippen molar-refractivity contribution in [2.75, 3.05) is 18.5 Å². The molecule has 4 heterocycles. The van der Waals surface area contributed by atoms with Crippen LogP contribution < -0.4 is 5.32 Å². The summed E-state index contributed by atoms with van der Waals surface area (Å²) < 4.78 is 21.7. The van der Waals surface area contributed by atoms with Gasteiger partial charge in [0.25, 0.3) is 0 Å². The number of pyridine rings is 2. The van der Waals surface area contributed by atoms with Crippen LogP contribution >= 0.6 is 0 Å². The molecule has 128 valence electrons. The van der Waals surface area contributed by atoms with Crippen molar-refractivity contribution in [2.24, 2.45) is 0 Å². The number of halogens is 1. The van der Waals surface area contributed by atoms with Gasteiger partial charge in [0.1, 0.15) is 5.82 Å². The Morgan fingerprint density at radius 1 is 1.40 bits per heavy atom. The largest absolute Gasteiger partial charge is 0.378 e. The van der Waals surface area contributed by atoms with Crippen LogP contribution in [0.15, 0.2) is 36.7 Å². The molecule has 0 radical (unpaired) electrons. The van der Waals surface area contributed by atoms with Crippen molar-refractivity contribution in [3.8, 4) is 5.82 Å². The summed E-state index contributed by atoms with van der Waals surface area (Å²) in [5.41, 5.74) is -0.511. The van der Waals surface area contributed by atoms with Gasteiger partial charge in [-0.25, -0.2) is 19.0 Å². The van der Waals surface area contributed by atoms with Crippen LogP contribution in [0.3, 0.4) is 0 Å². The highest BCUT2D eigenvalue weighted by Crippen LogP contribution is 2.33. The molecule has 0 spiro atoms. The predicted octanol–water partition coefficient (Wildman–Crippen LogP) is 2.36. The normalized spacial score (nSPS) is 20.1. The Balaban J connectivity index is 1.78. The number of rotatable bonds is 3. The van der Waals surface area contributed by atoms with E-state index in [4.69, 9.17) is 4.74 Å². The van der Waals surface area contributed by atoms with Gasteiger partial charge in [0, 0.05) is 31.0 Å². The van der Waals surface area contributed by atoms with E-state index in [1.54, 1.807) is 41.3 Å². The number of carbonyl (C=O) groups is 1. The number of amides is 1. The van der Waals surface area contributed by atoms with Gasteiger partial charge < -0.3 is 10.1 Å². The zero-order valence-corrected chi connectivity index (χ0v) is 13.6. The van der Waals surface area contributed by atoms with Gasteiger partial charge >= 0.3 is 0 Å². The maximum atomic E-state index is 14.9. The van der Waals surface area contributed by atoms with Crippen molar-refractivity contribution in [1.82, 2.24) is 19.7 Å². The van der Waals surface area contributed by atoms with E-state index in [1.807, 2.05) is 0 Å². The highest BCUT2D eigenvalue weighted by atomic mass is 19.1. The van der Waals surface area contributed by atoms with Crippen LogP contribution in [0.1, 0.15) is 19.0 Å². The quantitative estimate of drug-likeness (QED) is 0.791. The summed E-state index contributed by atoms with van der Waals surface area (Å²) >= 11 is 0. The van der Waals surface area contributed by atoms with E-state index in [0.717, 1.165) is 10.9 Å². The molecular formula is C17H16FN5O2. The minimum Gasteiger partial charge on any atom is -0.378 e. The van der Waals surface area contributed by atoms with E-state index in [0.29, 0.717) is 30.4 Å². The summed E-state index contributed by atoms with van der Waals surface area (Å²) in [7, 11) is 0. The van der Waals surface area contributed by atoms with Crippen LogP contribution in [-0.4, -0.2) is 38.9 Å². The van der Waals surface area contributed by atoms with Gasteiger partial charge in [-0.3, -0.25) is 4.79 Å². The first-order chi connectivity index (χ1) is 12.0. The summed E-state index contributed by atoms with van der Waals surface area (Å²) in [6, 6.07) is 6.88. The molecule has 0 bridgehead atoms. The number of hydrogen-bond donors (Lipinski definition) is 1. The zero-order chi connectivity index (χ0) is 17.4. The van der Waals surface area contributed by atoms with Gasteiger partial charge in [-0.15, -0.1) is 0 Å². The molecule has 3 aromatic rings. The lowest BCUT2D eigenvalue weighted by Gasteiger charge is -2.17. The average molecular weight is 341 g/mol. The molecule has 0 unspecified atom stereocenters. The van der Waals surface area contributed by atoms with Crippen molar-refractivity contribution in [3.63, 3.8) is 0 Å². The van der Waals surface area contributed by atoms with E-state index in [-0.39, 0.29) is 12.5 Å². The number of alkyl halides is 1. The summed E-state index contributed by atoms with van der Waals surface area (Å²) in [6.45, 7) is 1.82. The molecule has 1 atom stereocenters. The van der Waals surface area contributed by atoms with Crippen LogP contribution in [0.4, 0.5) is 10.2 Å². The van der Waals surface area contributed by atoms with E-state index >= 15 is 0 Å². The smallest absolute Gasteiger partial charge is 0.222 e. The summed E-state index contributed by atoms with van der Waals surface area (Å²) in [5.74, 6) is 0.708. The Labute approximate surface area is 142 Å². The minimum absolute atomic E-state index is 0.0138. The Kier molecular flexibility index (Phi) is 3.69. The minimum atomic E-state index is -1.57. The second-order valence-electron chi connectivity index (χ2n) is 6.01. The molecule has 1 fully saturated rings. The first kappa shape index (κ1) is 15.6. The lowest BCUT2D eigenvalue weighted by atomic mass is 10.0.